The minimum atomic E-state index is -3.91. The number of primary sulfonamides is 1. The molecule has 0 radical (unpaired) electrons. The van der Waals surface area contributed by atoms with Gasteiger partial charge in [0.1, 0.15) is 22.5 Å². The van der Waals surface area contributed by atoms with Crippen molar-refractivity contribution >= 4 is 20.9 Å². The molecule has 1 fully saturated rings. The van der Waals surface area contributed by atoms with Crippen molar-refractivity contribution < 1.29 is 12.8 Å². The summed E-state index contributed by atoms with van der Waals surface area (Å²) in [5.41, 5.74) is 1.48. The molecule has 4 rings (SSSR count). The molecule has 2 heterocycles. The van der Waals surface area contributed by atoms with E-state index in [1.165, 1.54) is 12.1 Å². The number of benzene rings is 1. The first kappa shape index (κ1) is 16.6. The van der Waals surface area contributed by atoms with E-state index in [-0.39, 0.29) is 22.3 Å². The van der Waals surface area contributed by atoms with E-state index < -0.39 is 15.8 Å². The van der Waals surface area contributed by atoms with Crippen LogP contribution in [0.15, 0.2) is 35.5 Å². The number of hydrogen-bond acceptors (Lipinski definition) is 5. The van der Waals surface area contributed by atoms with E-state index in [9.17, 15) is 18.1 Å². The van der Waals surface area contributed by atoms with Crippen LogP contribution >= 0.6 is 0 Å². The van der Waals surface area contributed by atoms with E-state index >= 15 is 0 Å². The molecule has 1 aromatic carbocycles. The second-order valence-corrected chi connectivity index (χ2v) is 7.80. The molecule has 132 valence electrons. The Bertz CT molecular complexity index is 1160. The van der Waals surface area contributed by atoms with Crippen molar-refractivity contribution in [2.45, 2.75) is 30.2 Å². The average Bonchev–Trinajstić information content (AvgIpc) is 2.86. The molecule has 0 aliphatic heterocycles. The van der Waals surface area contributed by atoms with E-state index in [1.54, 1.807) is 6.07 Å². The smallest absolute Gasteiger partial charge is 0.241 e. The lowest BCUT2D eigenvalue weighted by atomic mass is 9.92. The summed E-state index contributed by atoms with van der Waals surface area (Å²) in [5, 5.41) is 15.3. The highest BCUT2D eigenvalue weighted by Crippen LogP contribution is 2.41. The summed E-state index contributed by atoms with van der Waals surface area (Å²) in [5.74, 6) is -0.228. The Balaban J connectivity index is 2.00. The molecule has 26 heavy (non-hydrogen) atoms. The van der Waals surface area contributed by atoms with Crippen LogP contribution in [0.4, 0.5) is 4.39 Å². The molecule has 9 heteroatoms. The summed E-state index contributed by atoms with van der Waals surface area (Å²) in [4.78, 5) is 8.00. The number of hydrogen-bond donors (Lipinski definition) is 1. The summed E-state index contributed by atoms with van der Waals surface area (Å²) < 4.78 is 38.5. The van der Waals surface area contributed by atoms with Gasteiger partial charge >= 0.3 is 0 Å². The quantitative estimate of drug-likeness (QED) is 0.759. The number of nitrogens with two attached hydrogens (primary N) is 1. The van der Waals surface area contributed by atoms with Crippen LogP contribution < -0.4 is 5.14 Å². The molecule has 1 aliphatic carbocycles. The molecule has 3 aromatic rings. The first-order valence-corrected chi connectivity index (χ1v) is 9.53. The predicted octanol–water partition coefficient (Wildman–Crippen LogP) is 2.48. The monoisotopic (exact) mass is 371 g/mol. The summed E-state index contributed by atoms with van der Waals surface area (Å²) in [6.07, 6.45) is 5.17. The van der Waals surface area contributed by atoms with Crippen molar-refractivity contribution in [2.24, 2.45) is 5.14 Å². The van der Waals surface area contributed by atoms with E-state index in [2.05, 4.69) is 16.0 Å². The maximum absolute atomic E-state index is 13.7. The Hall–Kier alpha value is -2.83. The number of nitriles is 1. The third-order valence-electron chi connectivity index (χ3n) is 4.69. The zero-order valence-electron chi connectivity index (χ0n) is 13.6. The fourth-order valence-corrected chi connectivity index (χ4v) is 3.63. The number of nitrogens with zero attached hydrogens (tertiary/aromatic N) is 4. The van der Waals surface area contributed by atoms with Gasteiger partial charge in [0.25, 0.3) is 0 Å². The molecule has 2 aromatic heterocycles. The maximum atomic E-state index is 13.7. The van der Waals surface area contributed by atoms with E-state index in [0.717, 1.165) is 37.2 Å². The molecule has 0 bridgehead atoms. The van der Waals surface area contributed by atoms with Gasteiger partial charge in [0.2, 0.25) is 10.0 Å². The molecule has 0 spiro atoms. The molecule has 1 saturated carbocycles. The standard InChI is InChI=1S/C17H14FN5O2S/c18-10-4-5-15-13(6-10)14(7-19)16(23(15)11-2-1-3-11)17-21-8-12(9-22-17)26(20,24)25/h4-6,8-9,11H,1-3H2,(H2,20,24,25). The van der Waals surface area contributed by atoms with Gasteiger partial charge < -0.3 is 4.57 Å². The van der Waals surface area contributed by atoms with Crippen LogP contribution in [0.25, 0.3) is 22.4 Å². The minimum absolute atomic E-state index is 0.168. The summed E-state index contributed by atoms with van der Waals surface area (Å²) in [7, 11) is -3.91. The lowest BCUT2D eigenvalue weighted by molar-refractivity contribution is 0.323. The average molecular weight is 371 g/mol. The van der Waals surface area contributed by atoms with Crippen LogP contribution in [0.2, 0.25) is 0 Å². The van der Waals surface area contributed by atoms with Crippen molar-refractivity contribution in [1.82, 2.24) is 14.5 Å². The highest BCUT2D eigenvalue weighted by Gasteiger charge is 2.29. The molecular formula is C17H14FN5O2S. The summed E-state index contributed by atoms with van der Waals surface area (Å²) >= 11 is 0. The number of sulfonamides is 1. The lowest BCUT2D eigenvalue weighted by Gasteiger charge is -2.29. The second kappa shape index (κ2) is 5.86. The van der Waals surface area contributed by atoms with Gasteiger partial charge in [-0.05, 0) is 37.5 Å². The number of halogens is 1. The Morgan fingerprint density at radius 1 is 1.27 bits per heavy atom. The Labute approximate surface area is 149 Å². The Morgan fingerprint density at radius 2 is 1.96 bits per heavy atom. The van der Waals surface area contributed by atoms with Gasteiger partial charge in [-0.15, -0.1) is 0 Å². The van der Waals surface area contributed by atoms with Gasteiger partial charge in [-0.3, -0.25) is 0 Å². The molecule has 0 unspecified atom stereocenters. The molecule has 2 N–H and O–H groups in total. The minimum Gasteiger partial charge on any atom is -0.334 e. The maximum Gasteiger partial charge on any atom is 0.241 e. The van der Waals surface area contributed by atoms with E-state index in [1.807, 2.05) is 4.57 Å². The van der Waals surface area contributed by atoms with Gasteiger partial charge in [-0.2, -0.15) is 5.26 Å². The number of rotatable bonds is 3. The SMILES string of the molecule is N#Cc1c(-c2ncc(S(N)(=O)=O)cn2)n(C2CCC2)c2ccc(F)cc12. The van der Waals surface area contributed by atoms with Crippen molar-refractivity contribution in [3.63, 3.8) is 0 Å². The number of aromatic nitrogens is 3. The van der Waals surface area contributed by atoms with Crippen LogP contribution in [0.1, 0.15) is 30.9 Å². The first-order chi connectivity index (χ1) is 12.4. The molecule has 0 amide bonds. The highest BCUT2D eigenvalue weighted by molar-refractivity contribution is 7.89. The Morgan fingerprint density at radius 3 is 2.50 bits per heavy atom. The zero-order valence-corrected chi connectivity index (χ0v) is 14.4. The number of fused-ring (bicyclic) bond motifs is 1. The zero-order chi connectivity index (χ0) is 18.5. The van der Waals surface area contributed by atoms with Gasteiger partial charge in [-0.25, -0.2) is 27.9 Å². The van der Waals surface area contributed by atoms with Crippen LogP contribution in [0, 0.1) is 17.1 Å². The van der Waals surface area contributed by atoms with Gasteiger partial charge in [-0.1, -0.05) is 0 Å². The summed E-state index contributed by atoms with van der Waals surface area (Å²) in [6.45, 7) is 0. The fraction of sp³-hybridized carbons (Fsp3) is 0.235. The first-order valence-electron chi connectivity index (χ1n) is 7.99. The highest BCUT2D eigenvalue weighted by atomic mass is 32.2. The van der Waals surface area contributed by atoms with E-state index in [4.69, 9.17) is 5.14 Å². The second-order valence-electron chi connectivity index (χ2n) is 6.24. The van der Waals surface area contributed by atoms with Crippen molar-refractivity contribution in [1.29, 1.82) is 5.26 Å². The van der Waals surface area contributed by atoms with Crippen LogP contribution in [-0.4, -0.2) is 23.0 Å². The third kappa shape index (κ3) is 2.55. The Kier molecular flexibility index (Phi) is 3.75. The van der Waals surface area contributed by atoms with Crippen molar-refractivity contribution in [2.75, 3.05) is 0 Å². The van der Waals surface area contributed by atoms with Gasteiger partial charge in [0, 0.05) is 11.4 Å². The molecule has 0 atom stereocenters. The lowest BCUT2D eigenvalue weighted by Crippen LogP contribution is -2.18. The van der Waals surface area contributed by atoms with E-state index in [0.29, 0.717) is 11.1 Å². The molecule has 7 nitrogen and oxygen atoms in total. The normalized spacial score (nSPS) is 15.0. The van der Waals surface area contributed by atoms with Crippen LogP contribution in [0.5, 0.6) is 0 Å². The molecule has 0 saturated heterocycles. The van der Waals surface area contributed by atoms with Gasteiger partial charge in [0.05, 0.1) is 23.5 Å². The third-order valence-corrected chi connectivity index (χ3v) is 5.55. The molecular weight excluding hydrogens is 357 g/mol. The topological polar surface area (TPSA) is 115 Å². The van der Waals surface area contributed by atoms with Gasteiger partial charge in [0.15, 0.2) is 5.82 Å². The summed E-state index contributed by atoms with van der Waals surface area (Å²) in [6, 6.07) is 6.61. The van der Waals surface area contributed by atoms with Crippen LogP contribution in [-0.2, 0) is 10.0 Å². The largest absolute Gasteiger partial charge is 0.334 e. The van der Waals surface area contributed by atoms with Crippen molar-refractivity contribution in [3.8, 4) is 17.6 Å². The fourth-order valence-electron chi connectivity index (χ4n) is 3.23. The van der Waals surface area contributed by atoms with Crippen LogP contribution in [0.3, 0.4) is 0 Å². The van der Waals surface area contributed by atoms with Crippen molar-refractivity contribution in [3.05, 3.63) is 42.0 Å². The molecule has 1 aliphatic rings. The predicted molar refractivity (Wildman–Crippen MR) is 91.9 cm³/mol.